The topological polar surface area (TPSA) is 75.6 Å². The van der Waals surface area contributed by atoms with Gasteiger partial charge in [0.05, 0.1) is 7.11 Å². The minimum Gasteiger partial charge on any atom is -0.511 e. The van der Waals surface area contributed by atoms with Gasteiger partial charge in [0.15, 0.2) is 5.57 Å². The molecular formula is C7H9NO4. The molecule has 0 aromatic rings. The maximum Gasteiger partial charge on any atom is 0.346 e. The highest BCUT2D eigenvalue weighted by Gasteiger charge is 2.26. The van der Waals surface area contributed by atoms with Crippen LogP contribution in [0.15, 0.2) is 11.3 Å². The van der Waals surface area contributed by atoms with Crippen molar-refractivity contribution in [2.75, 3.05) is 13.7 Å². The lowest BCUT2D eigenvalue weighted by Gasteiger charge is -2.14. The van der Waals surface area contributed by atoms with Gasteiger partial charge in [-0.1, -0.05) is 0 Å². The quantitative estimate of drug-likeness (QED) is 0.411. The Balaban J connectivity index is 2.96. The number of hydrogen-bond acceptors (Lipinski definition) is 4. The molecule has 5 nitrogen and oxygen atoms in total. The van der Waals surface area contributed by atoms with Crippen molar-refractivity contribution in [2.45, 2.75) is 6.42 Å². The molecule has 0 bridgehead atoms. The summed E-state index contributed by atoms with van der Waals surface area (Å²) in [5.74, 6) is -1.58. The predicted molar refractivity (Wildman–Crippen MR) is 39.3 cm³/mol. The minimum absolute atomic E-state index is 0.203. The Kier molecular flexibility index (Phi) is 2.32. The van der Waals surface area contributed by atoms with Crippen molar-refractivity contribution in [3.63, 3.8) is 0 Å². The van der Waals surface area contributed by atoms with Crippen LogP contribution in [0.1, 0.15) is 6.42 Å². The van der Waals surface area contributed by atoms with Gasteiger partial charge < -0.3 is 15.2 Å². The summed E-state index contributed by atoms with van der Waals surface area (Å²) in [5, 5.41) is 11.6. The highest BCUT2D eigenvalue weighted by molar-refractivity contribution is 6.17. The first kappa shape index (κ1) is 8.58. The van der Waals surface area contributed by atoms with E-state index in [1.807, 2.05) is 0 Å². The standard InChI is InChI=1S/C7H9NO4/c1-12-7(11)5-4(9)2-3-8-6(5)10/h9H,2-3H2,1H3,(H,8,10). The summed E-state index contributed by atoms with van der Waals surface area (Å²) < 4.78 is 4.31. The number of carbonyl (C=O) groups excluding carboxylic acids is 2. The molecule has 1 rings (SSSR count). The number of methoxy groups -OCH3 is 1. The van der Waals surface area contributed by atoms with Crippen molar-refractivity contribution < 1.29 is 19.4 Å². The lowest BCUT2D eigenvalue weighted by molar-refractivity contribution is -0.138. The van der Waals surface area contributed by atoms with E-state index in [-0.39, 0.29) is 17.8 Å². The van der Waals surface area contributed by atoms with Crippen molar-refractivity contribution in [2.24, 2.45) is 0 Å². The number of carbonyl (C=O) groups is 2. The van der Waals surface area contributed by atoms with E-state index in [2.05, 4.69) is 10.1 Å². The number of nitrogens with one attached hydrogen (secondary N) is 1. The van der Waals surface area contributed by atoms with Gasteiger partial charge in [0, 0.05) is 13.0 Å². The second-order valence-corrected chi connectivity index (χ2v) is 2.32. The number of ether oxygens (including phenoxy) is 1. The molecule has 0 spiro atoms. The van der Waals surface area contributed by atoms with Crippen LogP contribution in [0.4, 0.5) is 0 Å². The third kappa shape index (κ3) is 1.39. The Bertz CT molecular complexity index is 256. The Morgan fingerprint density at radius 1 is 1.67 bits per heavy atom. The Morgan fingerprint density at radius 2 is 2.33 bits per heavy atom. The second kappa shape index (κ2) is 3.25. The molecule has 0 aromatic heterocycles. The summed E-state index contributed by atoms with van der Waals surface area (Å²) in [6.45, 7) is 0.352. The van der Waals surface area contributed by atoms with Gasteiger partial charge in [-0.15, -0.1) is 0 Å². The number of hydrogen-bond donors (Lipinski definition) is 2. The molecule has 1 amide bonds. The first-order chi connectivity index (χ1) is 5.66. The number of rotatable bonds is 1. The Labute approximate surface area is 69.0 Å². The van der Waals surface area contributed by atoms with Gasteiger partial charge in [-0.3, -0.25) is 4.79 Å². The van der Waals surface area contributed by atoms with Crippen molar-refractivity contribution in [1.29, 1.82) is 0 Å². The normalized spacial score (nSPS) is 17.2. The summed E-state index contributed by atoms with van der Waals surface area (Å²) >= 11 is 0. The monoisotopic (exact) mass is 171 g/mol. The molecule has 5 heteroatoms. The highest BCUT2D eigenvalue weighted by atomic mass is 16.5. The van der Waals surface area contributed by atoms with E-state index in [4.69, 9.17) is 5.11 Å². The molecule has 0 aromatic carbocycles. The lowest BCUT2D eigenvalue weighted by Crippen LogP contribution is -2.35. The number of aliphatic hydroxyl groups is 1. The highest BCUT2D eigenvalue weighted by Crippen LogP contribution is 2.11. The fourth-order valence-corrected chi connectivity index (χ4v) is 0.951. The molecule has 0 unspecified atom stereocenters. The smallest absolute Gasteiger partial charge is 0.346 e. The molecule has 1 aliphatic rings. The minimum atomic E-state index is -0.801. The molecule has 0 atom stereocenters. The van der Waals surface area contributed by atoms with Crippen molar-refractivity contribution >= 4 is 11.9 Å². The fraction of sp³-hybridized carbons (Fsp3) is 0.429. The van der Waals surface area contributed by atoms with Gasteiger partial charge in [-0.25, -0.2) is 4.79 Å². The third-order valence-corrected chi connectivity index (χ3v) is 1.55. The van der Waals surface area contributed by atoms with E-state index in [0.29, 0.717) is 6.54 Å². The average Bonchev–Trinajstić information content (AvgIpc) is 2.03. The summed E-state index contributed by atoms with van der Waals surface area (Å²) in [6.07, 6.45) is 0.274. The SMILES string of the molecule is COC(=O)C1=C(O)CCNC1=O. The molecule has 0 fully saturated rings. The fourth-order valence-electron chi connectivity index (χ4n) is 0.951. The molecule has 1 heterocycles. The van der Waals surface area contributed by atoms with E-state index < -0.39 is 11.9 Å². The number of amides is 1. The van der Waals surface area contributed by atoms with E-state index in [9.17, 15) is 9.59 Å². The van der Waals surface area contributed by atoms with Gasteiger partial charge in [0.2, 0.25) is 0 Å². The Morgan fingerprint density at radius 3 is 2.83 bits per heavy atom. The van der Waals surface area contributed by atoms with Crippen LogP contribution in [-0.2, 0) is 14.3 Å². The average molecular weight is 171 g/mol. The van der Waals surface area contributed by atoms with Gasteiger partial charge >= 0.3 is 5.97 Å². The van der Waals surface area contributed by atoms with Gasteiger partial charge in [0.25, 0.3) is 5.91 Å². The first-order valence-electron chi connectivity index (χ1n) is 3.45. The maximum absolute atomic E-state index is 11.0. The second-order valence-electron chi connectivity index (χ2n) is 2.32. The maximum atomic E-state index is 11.0. The molecule has 0 saturated heterocycles. The number of aliphatic hydroxyl groups excluding tert-OH is 1. The molecule has 0 radical (unpaired) electrons. The van der Waals surface area contributed by atoms with Crippen LogP contribution in [0.5, 0.6) is 0 Å². The van der Waals surface area contributed by atoms with Crippen LogP contribution in [0.2, 0.25) is 0 Å². The molecule has 1 aliphatic heterocycles. The van der Waals surface area contributed by atoms with Crippen LogP contribution >= 0.6 is 0 Å². The zero-order valence-corrected chi connectivity index (χ0v) is 6.59. The Hall–Kier alpha value is -1.52. The van der Waals surface area contributed by atoms with E-state index in [1.165, 1.54) is 0 Å². The van der Waals surface area contributed by atoms with Crippen LogP contribution in [0, 0.1) is 0 Å². The zero-order valence-electron chi connectivity index (χ0n) is 6.59. The summed E-state index contributed by atoms with van der Waals surface area (Å²) in [6, 6.07) is 0. The summed E-state index contributed by atoms with van der Waals surface area (Å²) in [7, 11) is 1.16. The van der Waals surface area contributed by atoms with Crippen LogP contribution in [0.25, 0.3) is 0 Å². The van der Waals surface area contributed by atoms with E-state index in [1.54, 1.807) is 0 Å². The van der Waals surface area contributed by atoms with Gasteiger partial charge in [-0.05, 0) is 0 Å². The first-order valence-corrected chi connectivity index (χ1v) is 3.45. The molecule has 0 aliphatic carbocycles. The molecule has 12 heavy (non-hydrogen) atoms. The molecule has 2 N–H and O–H groups in total. The van der Waals surface area contributed by atoms with Crippen molar-refractivity contribution in [3.05, 3.63) is 11.3 Å². The van der Waals surface area contributed by atoms with Gasteiger partial charge in [0.1, 0.15) is 5.76 Å². The van der Waals surface area contributed by atoms with Crippen LogP contribution in [-0.4, -0.2) is 30.6 Å². The summed E-state index contributed by atoms with van der Waals surface area (Å²) in [5.41, 5.74) is -0.288. The summed E-state index contributed by atoms with van der Waals surface area (Å²) in [4.78, 5) is 21.9. The van der Waals surface area contributed by atoms with Gasteiger partial charge in [-0.2, -0.15) is 0 Å². The molecular weight excluding hydrogens is 162 g/mol. The van der Waals surface area contributed by atoms with E-state index in [0.717, 1.165) is 7.11 Å². The van der Waals surface area contributed by atoms with E-state index >= 15 is 0 Å². The van der Waals surface area contributed by atoms with Crippen LogP contribution < -0.4 is 5.32 Å². The number of esters is 1. The predicted octanol–water partition coefficient (Wildman–Crippen LogP) is -0.509. The lowest BCUT2D eigenvalue weighted by atomic mass is 10.1. The molecule has 66 valence electrons. The van der Waals surface area contributed by atoms with Crippen molar-refractivity contribution in [1.82, 2.24) is 5.32 Å². The zero-order chi connectivity index (χ0) is 9.14. The van der Waals surface area contributed by atoms with Crippen molar-refractivity contribution in [3.8, 4) is 0 Å². The van der Waals surface area contributed by atoms with Crippen LogP contribution in [0.3, 0.4) is 0 Å². The third-order valence-electron chi connectivity index (χ3n) is 1.55. The largest absolute Gasteiger partial charge is 0.511 e. The molecule has 0 saturated carbocycles.